The molecule has 0 saturated heterocycles. The largest absolute Gasteiger partial charge is 0.317 e. The molecule has 0 N–H and O–H groups in total. The summed E-state index contributed by atoms with van der Waals surface area (Å²) < 4.78 is 0. The van der Waals surface area contributed by atoms with Crippen LogP contribution in [0.25, 0.3) is 5.70 Å². The van der Waals surface area contributed by atoms with Crippen molar-refractivity contribution in [1.82, 2.24) is 0 Å². The van der Waals surface area contributed by atoms with Gasteiger partial charge in [0, 0.05) is 17.6 Å². The number of thiol groups is 1. The molecular weight excluding hydrogens is 274 g/mol. The van der Waals surface area contributed by atoms with E-state index in [-0.39, 0.29) is 0 Å². The maximum absolute atomic E-state index is 4.31. The van der Waals surface area contributed by atoms with E-state index in [1.807, 2.05) is 12.1 Å². The molecule has 0 unspecified atom stereocenters. The van der Waals surface area contributed by atoms with E-state index in [4.69, 9.17) is 0 Å². The highest BCUT2D eigenvalue weighted by Crippen LogP contribution is 2.28. The molecule has 1 nitrogen and oxygen atoms in total. The average molecular weight is 291 g/mol. The average Bonchev–Trinajstić information content (AvgIpc) is 2.81. The quantitative estimate of drug-likeness (QED) is 0.775. The first-order chi connectivity index (χ1) is 10.4. The van der Waals surface area contributed by atoms with E-state index in [0.29, 0.717) is 0 Å². The fourth-order valence-electron chi connectivity index (χ4n) is 2.34. The zero-order valence-electron chi connectivity index (χ0n) is 11.7. The zero-order valence-corrected chi connectivity index (χ0v) is 12.6. The van der Waals surface area contributed by atoms with Crippen molar-refractivity contribution in [1.29, 1.82) is 0 Å². The number of anilines is 1. The van der Waals surface area contributed by atoms with Crippen LogP contribution in [0.15, 0.2) is 85.1 Å². The molecule has 21 heavy (non-hydrogen) atoms. The lowest BCUT2D eigenvalue weighted by Gasteiger charge is -2.23. The van der Waals surface area contributed by atoms with Gasteiger partial charge in [-0.2, -0.15) is 12.6 Å². The minimum Gasteiger partial charge on any atom is -0.317 e. The molecule has 2 aromatic rings. The Bertz CT molecular complexity index is 681. The topological polar surface area (TPSA) is 3.24 Å². The lowest BCUT2D eigenvalue weighted by molar-refractivity contribution is 1.28. The van der Waals surface area contributed by atoms with E-state index in [9.17, 15) is 0 Å². The molecule has 1 heterocycles. The summed E-state index contributed by atoms with van der Waals surface area (Å²) in [5.41, 5.74) is 4.74. The summed E-state index contributed by atoms with van der Waals surface area (Å²) in [4.78, 5) is 2.21. The molecule has 2 aromatic carbocycles. The van der Waals surface area contributed by atoms with Crippen molar-refractivity contribution in [3.05, 3.63) is 96.2 Å². The summed E-state index contributed by atoms with van der Waals surface area (Å²) in [7, 11) is 0. The highest BCUT2D eigenvalue weighted by Gasteiger charge is 2.11. The fourth-order valence-corrected chi connectivity index (χ4v) is 2.55. The third-order valence-electron chi connectivity index (χ3n) is 3.44. The lowest BCUT2D eigenvalue weighted by Crippen LogP contribution is -2.13. The zero-order chi connectivity index (χ0) is 14.5. The van der Waals surface area contributed by atoms with Crippen LogP contribution in [0.4, 0.5) is 5.69 Å². The summed E-state index contributed by atoms with van der Waals surface area (Å²) in [5.74, 6) is 0.763. The van der Waals surface area contributed by atoms with Crippen LogP contribution in [0, 0.1) is 0 Å². The molecule has 3 rings (SSSR count). The van der Waals surface area contributed by atoms with Crippen LogP contribution in [0.2, 0.25) is 0 Å². The van der Waals surface area contributed by atoms with E-state index in [0.717, 1.165) is 11.4 Å². The molecule has 0 atom stereocenters. The van der Waals surface area contributed by atoms with Crippen molar-refractivity contribution < 1.29 is 0 Å². The summed E-state index contributed by atoms with van der Waals surface area (Å²) in [5, 5.41) is 0. The monoisotopic (exact) mass is 291 g/mol. The first-order valence-electron chi connectivity index (χ1n) is 6.98. The Balaban J connectivity index is 2.01. The van der Waals surface area contributed by atoms with Crippen molar-refractivity contribution in [2.45, 2.75) is 5.75 Å². The van der Waals surface area contributed by atoms with E-state index < -0.39 is 0 Å². The highest BCUT2D eigenvalue weighted by molar-refractivity contribution is 7.79. The summed E-state index contributed by atoms with van der Waals surface area (Å²) in [6.45, 7) is 0. The predicted octanol–water partition coefficient (Wildman–Crippen LogP) is 5.05. The van der Waals surface area contributed by atoms with Gasteiger partial charge < -0.3 is 4.90 Å². The number of rotatable bonds is 3. The Morgan fingerprint density at radius 2 is 1.57 bits per heavy atom. The van der Waals surface area contributed by atoms with Crippen molar-refractivity contribution in [3.8, 4) is 0 Å². The van der Waals surface area contributed by atoms with Crippen molar-refractivity contribution in [2.24, 2.45) is 0 Å². The number of hydrogen-bond donors (Lipinski definition) is 1. The first kappa shape index (κ1) is 13.8. The highest BCUT2D eigenvalue weighted by atomic mass is 32.1. The van der Waals surface area contributed by atoms with Gasteiger partial charge in [-0.05, 0) is 35.4 Å². The molecule has 0 radical (unpaired) electrons. The molecule has 0 fully saturated rings. The molecule has 1 aliphatic rings. The normalized spacial score (nSPS) is 14.0. The molecule has 0 aliphatic carbocycles. The molecule has 0 amide bonds. The van der Waals surface area contributed by atoms with Crippen LogP contribution in [0.1, 0.15) is 11.1 Å². The van der Waals surface area contributed by atoms with Gasteiger partial charge in [-0.25, -0.2) is 0 Å². The van der Waals surface area contributed by atoms with E-state index in [2.05, 4.69) is 90.5 Å². The minimum absolute atomic E-state index is 0.763. The number of hydrogen-bond acceptors (Lipinski definition) is 2. The standard InChI is InChI=1S/C19H17NS/c21-15-16-10-12-18(13-11-16)20-14-6-2-5-9-19(20)17-7-3-1-4-8-17/h1-14,21H,15H2. The number of allylic oxidation sites excluding steroid dienone is 4. The molecule has 0 bridgehead atoms. The molecule has 0 aromatic heterocycles. The molecule has 0 spiro atoms. The van der Waals surface area contributed by atoms with Crippen molar-refractivity contribution in [3.63, 3.8) is 0 Å². The fraction of sp³-hybridized carbons (Fsp3) is 0.0526. The van der Waals surface area contributed by atoms with Crippen LogP contribution >= 0.6 is 12.6 Å². The number of benzene rings is 2. The van der Waals surface area contributed by atoms with Gasteiger partial charge in [0.05, 0.1) is 5.70 Å². The van der Waals surface area contributed by atoms with Crippen molar-refractivity contribution in [2.75, 3.05) is 4.90 Å². The third-order valence-corrected chi connectivity index (χ3v) is 3.80. The maximum Gasteiger partial charge on any atom is 0.0527 e. The SMILES string of the molecule is SCc1ccc(N2C=CC=CC=C2c2ccccc2)cc1. The Morgan fingerprint density at radius 3 is 2.29 bits per heavy atom. The predicted molar refractivity (Wildman–Crippen MR) is 94.3 cm³/mol. The van der Waals surface area contributed by atoms with Gasteiger partial charge in [-0.1, -0.05) is 54.6 Å². The van der Waals surface area contributed by atoms with Gasteiger partial charge in [-0.15, -0.1) is 0 Å². The molecule has 2 heteroatoms. The van der Waals surface area contributed by atoms with Crippen molar-refractivity contribution >= 4 is 24.0 Å². The smallest absolute Gasteiger partial charge is 0.0527 e. The van der Waals surface area contributed by atoms with Gasteiger partial charge in [0.15, 0.2) is 0 Å². The second-order valence-electron chi connectivity index (χ2n) is 4.84. The van der Waals surface area contributed by atoms with Crippen LogP contribution in [0.3, 0.4) is 0 Å². The molecule has 0 saturated carbocycles. The van der Waals surface area contributed by atoms with Crippen LogP contribution in [-0.4, -0.2) is 0 Å². The Morgan fingerprint density at radius 1 is 0.810 bits per heavy atom. The molecule has 1 aliphatic heterocycles. The Kier molecular flexibility index (Phi) is 4.27. The van der Waals surface area contributed by atoms with E-state index >= 15 is 0 Å². The van der Waals surface area contributed by atoms with Gasteiger partial charge in [0.2, 0.25) is 0 Å². The van der Waals surface area contributed by atoms with Gasteiger partial charge in [-0.3, -0.25) is 0 Å². The van der Waals surface area contributed by atoms with Crippen LogP contribution < -0.4 is 4.90 Å². The minimum atomic E-state index is 0.763. The van der Waals surface area contributed by atoms with Crippen LogP contribution in [0.5, 0.6) is 0 Å². The maximum atomic E-state index is 4.31. The third kappa shape index (κ3) is 3.11. The van der Waals surface area contributed by atoms with Gasteiger partial charge in [0.25, 0.3) is 0 Å². The van der Waals surface area contributed by atoms with Crippen LogP contribution in [-0.2, 0) is 5.75 Å². The van der Waals surface area contributed by atoms with E-state index in [1.54, 1.807) is 0 Å². The summed E-state index contributed by atoms with van der Waals surface area (Å²) >= 11 is 4.31. The molecule has 104 valence electrons. The van der Waals surface area contributed by atoms with E-state index in [1.165, 1.54) is 16.8 Å². The van der Waals surface area contributed by atoms with Gasteiger partial charge >= 0.3 is 0 Å². The summed E-state index contributed by atoms with van der Waals surface area (Å²) in [6.07, 6.45) is 10.4. The lowest BCUT2D eigenvalue weighted by atomic mass is 10.1. The Hall–Kier alpha value is -2.19. The molecular formula is C19H17NS. The second-order valence-corrected chi connectivity index (χ2v) is 5.16. The first-order valence-corrected chi connectivity index (χ1v) is 7.61. The van der Waals surface area contributed by atoms with Gasteiger partial charge in [0.1, 0.15) is 0 Å². The summed E-state index contributed by atoms with van der Waals surface area (Å²) in [6, 6.07) is 19.0. The second kappa shape index (κ2) is 6.51. The number of nitrogens with zero attached hydrogens (tertiary/aromatic N) is 1. The Labute approximate surface area is 131 Å².